The van der Waals surface area contributed by atoms with Crippen molar-refractivity contribution in [2.45, 2.75) is 10.8 Å². The van der Waals surface area contributed by atoms with E-state index in [4.69, 9.17) is 4.74 Å². The molecule has 4 aromatic rings. The zero-order chi connectivity index (χ0) is 26.8. The lowest BCUT2D eigenvalue weighted by Crippen LogP contribution is -2.41. The molecule has 1 N–H and O–H groups in total. The first kappa shape index (κ1) is 25.5. The molecular formula is C29H26N4O4S2. The number of rotatable bonds is 6. The molecule has 39 heavy (non-hydrogen) atoms. The van der Waals surface area contributed by atoms with Crippen molar-refractivity contribution in [3.8, 4) is 0 Å². The van der Waals surface area contributed by atoms with Gasteiger partial charge in [-0.3, -0.25) is 14.4 Å². The van der Waals surface area contributed by atoms with Gasteiger partial charge in [0.15, 0.2) is 4.34 Å². The Kier molecular flexibility index (Phi) is 7.32. The van der Waals surface area contributed by atoms with Crippen LogP contribution in [0.1, 0.15) is 26.3 Å². The van der Waals surface area contributed by atoms with Crippen molar-refractivity contribution < 1.29 is 19.1 Å². The van der Waals surface area contributed by atoms with Crippen molar-refractivity contribution in [1.29, 1.82) is 0 Å². The van der Waals surface area contributed by atoms with Crippen molar-refractivity contribution in [1.82, 2.24) is 9.88 Å². The quantitative estimate of drug-likeness (QED) is 0.345. The first-order chi connectivity index (χ1) is 19.1. The fourth-order valence-corrected chi connectivity index (χ4v) is 6.83. The number of thioether (sulfide) groups is 1. The number of amides is 3. The van der Waals surface area contributed by atoms with Crippen LogP contribution in [0.5, 0.6) is 0 Å². The lowest BCUT2D eigenvalue weighted by molar-refractivity contribution is -0.116. The highest BCUT2D eigenvalue weighted by Crippen LogP contribution is 2.33. The average molecular weight is 559 g/mol. The molecule has 2 aliphatic rings. The largest absolute Gasteiger partial charge is 0.378 e. The number of para-hydroxylation sites is 1. The van der Waals surface area contributed by atoms with E-state index in [1.165, 1.54) is 28.7 Å². The summed E-state index contributed by atoms with van der Waals surface area (Å²) in [4.78, 5) is 47.4. The van der Waals surface area contributed by atoms with Crippen LogP contribution >= 0.6 is 23.1 Å². The molecule has 0 spiro atoms. The number of nitrogens with one attached hydrogen (secondary N) is 1. The van der Waals surface area contributed by atoms with E-state index >= 15 is 0 Å². The van der Waals surface area contributed by atoms with Crippen molar-refractivity contribution in [2.75, 3.05) is 48.8 Å². The van der Waals surface area contributed by atoms with Crippen LogP contribution in [0.25, 0.3) is 10.2 Å². The second-order valence-electron chi connectivity index (χ2n) is 9.28. The van der Waals surface area contributed by atoms with Crippen molar-refractivity contribution >= 4 is 62.4 Å². The van der Waals surface area contributed by atoms with E-state index in [1.807, 2.05) is 35.2 Å². The van der Waals surface area contributed by atoms with Gasteiger partial charge in [0.25, 0.3) is 11.8 Å². The Labute approximate surface area is 234 Å². The van der Waals surface area contributed by atoms with Gasteiger partial charge in [0.05, 0.1) is 40.3 Å². The highest BCUT2D eigenvalue weighted by molar-refractivity contribution is 8.01. The summed E-state index contributed by atoms with van der Waals surface area (Å²) in [6, 6.07) is 20.4. The monoisotopic (exact) mass is 558 g/mol. The third-order valence-electron chi connectivity index (χ3n) is 6.83. The van der Waals surface area contributed by atoms with E-state index in [0.29, 0.717) is 55.4 Å². The first-order valence-electron chi connectivity index (χ1n) is 12.8. The SMILES string of the molecule is O=C(Nc1ccc2nc(SCC(=O)N3CCc4ccccc43)sc2c1)c1ccccc1C(=O)N1CCOCC1. The summed E-state index contributed by atoms with van der Waals surface area (Å²) in [7, 11) is 0. The molecule has 0 radical (unpaired) electrons. The van der Waals surface area contributed by atoms with Gasteiger partial charge in [-0.15, -0.1) is 11.3 Å². The summed E-state index contributed by atoms with van der Waals surface area (Å²) >= 11 is 2.92. The zero-order valence-electron chi connectivity index (χ0n) is 21.1. The zero-order valence-corrected chi connectivity index (χ0v) is 22.7. The van der Waals surface area contributed by atoms with Gasteiger partial charge < -0.3 is 19.9 Å². The van der Waals surface area contributed by atoms with Gasteiger partial charge in [-0.25, -0.2) is 4.98 Å². The Balaban J connectivity index is 1.12. The summed E-state index contributed by atoms with van der Waals surface area (Å²) < 4.78 is 7.06. The van der Waals surface area contributed by atoms with E-state index in [1.54, 1.807) is 35.2 Å². The molecule has 1 fully saturated rings. The maximum absolute atomic E-state index is 13.2. The second-order valence-corrected chi connectivity index (χ2v) is 11.5. The van der Waals surface area contributed by atoms with E-state index in [0.717, 1.165) is 26.7 Å². The molecule has 0 aliphatic carbocycles. The minimum absolute atomic E-state index is 0.0717. The number of aromatic nitrogens is 1. The van der Waals surface area contributed by atoms with Gasteiger partial charge in [0.1, 0.15) is 0 Å². The average Bonchev–Trinajstić information content (AvgIpc) is 3.60. The van der Waals surface area contributed by atoms with Crippen LogP contribution in [0.3, 0.4) is 0 Å². The summed E-state index contributed by atoms with van der Waals surface area (Å²) in [5, 5.41) is 2.93. The molecule has 3 heterocycles. The minimum atomic E-state index is -0.345. The van der Waals surface area contributed by atoms with Crippen LogP contribution < -0.4 is 10.2 Å². The lowest BCUT2D eigenvalue weighted by Gasteiger charge is -2.27. The number of ether oxygens (including phenoxy) is 1. The molecule has 0 saturated carbocycles. The van der Waals surface area contributed by atoms with Gasteiger partial charge in [-0.2, -0.15) is 0 Å². The molecule has 1 aromatic heterocycles. The van der Waals surface area contributed by atoms with Gasteiger partial charge >= 0.3 is 0 Å². The molecular weight excluding hydrogens is 532 g/mol. The standard InChI is InChI=1S/C29H26N4O4S2/c34-26(33-12-11-19-5-1-4-8-24(19)33)18-38-29-31-23-10-9-20(17-25(23)39-29)30-27(35)21-6-2-3-7-22(21)28(36)32-13-15-37-16-14-32/h1-10,17H,11-16,18H2,(H,30,35). The number of carbonyl (C=O) groups is 3. The van der Waals surface area contributed by atoms with E-state index in [9.17, 15) is 14.4 Å². The highest BCUT2D eigenvalue weighted by atomic mass is 32.2. The Morgan fingerprint density at radius 3 is 2.56 bits per heavy atom. The first-order valence-corrected chi connectivity index (χ1v) is 14.6. The topological polar surface area (TPSA) is 91.8 Å². The predicted molar refractivity (Wildman–Crippen MR) is 154 cm³/mol. The van der Waals surface area contributed by atoms with Gasteiger partial charge in [-0.1, -0.05) is 42.1 Å². The number of morpholine rings is 1. The second kappa shape index (κ2) is 11.2. The molecule has 10 heteroatoms. The Bertz CT molecular complexity index is 1560. The molecule has 8 nitrogen and oxygen atoms in total. The third kappa shape index (κ3) is 5.40. The van der Waals surface area contributed by atoms with Crippen LogP contribution in [-0.4, -0.2) is 66.2 Å². The fraction of sp³-hybridized carbons (Fsp3) is 0.241. The van der Waals surface area contributed by atoms with Gasteiger partial charge in [0.2, 0.25) is 5.91 Å². The molecule has 198 valence electrons. The molecule has 2 aliphatic heterocycles. The molecule has 3 amide bonds. The third-order valence-corrected chi connectivity index (χ3v) is 8.98. The van der Waals surface area contributed by atoms with E-state index < -0.39 is 0 Å². The van der Waals surface area contributed by atoms with Gasteiger partial charge in [0, 0.05) is 31.0 Å². The number of fused-ring (bicyclic) bond motifs is 2. The minimum Gasteiger partial charge on any atom is -0.378 e. The predicted octanol–water partition coefficient (Wildman–Crippen LogP) is 4.70. The highest BCUT2D eigenvalue weighted by Gasteiger charge is 2.25. The van der Waals surface area contributed by atoms with Crippen LogP contribution in [0, 0.1) is 0 Å². The Hall–Kier alpha value is -3.73. The maximum atomic E-state index is 13.2. The fourth-order valence-electron chi connectivity index (χ4n) is 4.84. The molecule has 0 atom stereocenters. The molecule has 0 unspecified atom stereocenters. The number of hydrogen-bond acceptors (Lipinski definition) is 7. The van der Waals surface area contributed by atoms with Crippen molar-refractivity contribution in [3.63, 3.8) is 0 Å². The van der Waals surface area contributed by atoms with E-state index in [-0.39, 0.29) is 17.7 Å². The number of hydrogen-bond donors (Lipinski definition) is 1. The van der Waals surface area contributed by atoms with Crippen LogP contribution in [0.4, 0.5) is 11.4 Å². The lowest BCUT2D eigenvalue weighted by atomic mass is 10.0. The van der Waals surface area contributed by atoms with Crippen LogP contribution in [0.15, 0.2) is 71.1 Å². The summed E-state index contributed by atoms with van der Waals surface area (Å²) in [5.41, 5.74) is 4.34. The Morgan fingerprint density at radius 1 is 0.949 bits per heavy atom. The maximum Gasteiger partial charge on any atom is 0.256 e. The number of carbonyl (C=O) groups excluding carboxylic acids is 3. The number of benzene rings is 3. The van der Waals surface area contributed by atoms with Crippen LogP contribution in [0.2, 0.25) is 0 Å². The number of nitrogens with zero attached hydrogens (tertiary/aromatic N) is 3. The van der Waals surface area contributed by atoms with Crippen LogP contribution in [-0.2, 0) is 16.0 Å². The van der Waals surface area contributed by atoms with Crippen molar-refractivity contribution in [3.05, 3.63) is 83.4 Å². The van der Waals surface area contributed by atoms with Gasteiger partial charge in [-0.05, 0) is 48.4 Å². The molecule has 3 aromatic carbocycles. The smallest absolute Gasteiger partial charge is 0.256 e. The molecule has 0 bridgehead atoms. The normalized spacial score (nSPS) is 14.9. The summed E-state index contributed by atoms with van der Waals surface area (Å²) in [5.74, 6) is -0.133. The molecule has 1 saturated heterocycles. The van der Waals surface area contributed by atoms with Crippen molar-refractivity contribution in [2.24, 2.45) is 0 Å². The Morgan fingerprint density at radius 2 is 1.72 bits per heavy atom. The molecule has 6 rings (SSSR count). The summed E-state index contributed by atoms with van der Waals surface area (Å²) in [6.45, 7) is 2.72. The number of anilines is 2. The number of thiazole rings is 1. The summed E-state index contributed by atoms with van der Waals surface area (Å²) in [6.07, 6.45) is 0.883. The van der Waals surface area contributed by atoms with E-state index in [2.05, 4.69) is 16.4 Å².